The highest BCUT2D eigenvalue weighted by atomic mass is 16.2. The van der Waals surface area contributed by atoms with Crippen molar-refractivity contribution in [3.63, 3.8) is 0 Å². The summed E-state index contributed by atoms with van der Waals surface area (Å²) in [6, 6.07) is 2.57. The van der Waals surface area contributed by atoms with Crippen molar-refractivity contribution >= 4 is 5.91 Å². The number of amides is 1. The maximum absolute atomic E-state index is 12.1. The van der Waals surface area contributed by atoms with Crippen LogP contribution in [-0.4, -0.2) is 11.9 Å². The second kappa shape index (κ2) is 5.34. The summed E-state index contributed by atoms with van der Waals surface area (Å²) >= 11 is 0. The van der Waals surface area contributed by atoms with Gasteiger partial charge < -0.3 is 5.32 Å². The molecule has 3 heteroatoms. The maximum atomic E-state index is 12.1. The summed E-state index contributed by atoms with van der Waals surface area (Å²) < 4.78 is 0. The number of nitrogens with zero attached hydrogens (tertiary/aromatic N) is 1. The van der Waals surface area contributed by atoms with Gasteiger partial charge in [-0.3, -0.25) is 4.79 Å². The molecule has 1 amide bonds. The fourth-order valence-electron chi connectivity index (χ4n) is 2.20. The molecule has 0 aromatic carbocycles. The summed E-state index contributed by atoms with van der Waals surface area (Å²) in [7, 11) is 0. The first-order valence-electron chi connectivity index (χ1n) is 6.31. The van der Waals surface area contributed by atoms with E-state index in [1.54, 1.807) is 0 Å². The zero-order valence-electron chi connectivity index (χ0n) is 10.5. The van der Waals surface area contributed by atoms with Gasteiger partial charge in [0.05, 0.1) is 6.07 Å². The quantitative estimate of drug-likeness (QED) is 0.751. The highest BCUT2D eigenvalue weighted by molar-refractivity contribution is 5.85. The summed E-state index contributed by atoms with van der Waals surface area (Å²) in [6.45, 7) is 6.17. The molecule has 0 aromatic heterocycles. The minimum atomic E-state index is -0.786. The molecule has 0 bridgehead atoms. The highest BCUT2D eigenvalue weighted by Crippen LogP contribution is 2.34. The highest BCUT2D eigenvalue weighted by Gasteiger charge is 2.42. The minimum absolute atomic E-state index is 0.0481. The monoisotopic (exact) mass is 222 g/mol. The SMILES string of the molecule is CCCC(C#N)(CCC)C(=O)NC1CC1C. The summed E-state index contributed by atoms with van der Waals surface area (Å²) in [4.78, 5) is 12.1. The van der Waals surface area contributed by atoms with Crippen LogP contribution >= 0.6 is 0 Å². The predicted molar refractivity (Wildman–Crippen MR) is 63.6 cm³/mol. The molecule has 1 aliphatic carbocycles. The van der Waals surface area contributed by atoms with Gasteiger partial charge in [-0.1, -0.05) is 33.6 Å². The van der Waals surface area contributed by atoms with E-state index in [2.05, 4.69) is 18.3 Å². The van der Waals surface area contributed by atoms with E-state index in [1.165, 1.54) is 0 Å². The van der Waals surface area contributed by atoms with Crippen LogP contribution < -0.4 is 5.32 Å². The Bertz CT molecular complexity index is 287. The zero-order chi connectivity index (χ0) is 12.2. The molecule has 0 aliphatic heterocycles. The van der Waals surface area contributed by atoms with Crippen molar-refractivity contribution in [2.75, 3.05) is 0 Å². The van der Waals surface area contributed by atoms with Crippen LogP contribution in [0.3, 0.4) is 0 Å². The molecule has 0 spiro atoms. The molecule has 1 aliphatic rings. The lowest BCUT2D eigenvalue weighted by atomic mass is 9.79. The van der Waals surface area contributed by atoms with Crippen LogP contribution in [0.1, 0.15) is 52.9 Å². The molecule has 0 radical (unpaired) electrons. The third-order valence-corrected chi connectivity index (χ3v) is 3.43. The first kappa shape index (κ1) is 13.0. The average molecular weight is 222 g/mol. The van der Waals surface area contributed by atoms with Crippen molar-refractivity contribution in [3.8, 4) is 6.07 Å². The van der Waals surface area contributed by atoms with Gasteiger partial charge in [0, 0.05) is 6.04 Å². The van der Waals surface area contributed by atoms with Gasteiger partial charge in [-0.25, -0.2) is 0 Å². The van der Waals surface area contributed by atoms with Gasteiger partial charge in [0.15, 0.2) is 0 Å². The van der Waals surface area contributed by atoms with E-state index in [0.29, 0.717) is 24.8 Å². The van der Waals surface area contributed by atoms with E-state index in [-0.39, 0.29) is 5.91 Å². The Kier molecular flexibility index (Phi) is 4.35. The first-order chi connectivity index (χ1) is 7.59. The first-order valence-corrected chi connectivity index (χ1v) is 6.31. The van der Waals surface area contributed by atoms with E-state index in [9.17, 15) is 10.1 Å². The maximum Gasteiger partial charge on any atom is 0.240 e. The summed E-state index contributed by atoms with van der Waals surface area (Å²) in [5, 5.41) is 12.3. The van der Waals surface area contributed by atoms with Crippen molar-refractivity contribution in [2.24, 2.45) is 11.3 Å². The smallest absolute Gasteiger partial charge is 0.240 e. The second-order valence-corrected chi connectivity index (χ2v) is 4.99. The molecule has 0 heterocycles. The van der Waals surface area contributed by atoms with Crippen molar-refractivity contribution in [1.82, 2.24) is 5.32 Å². The third kappa shape index (κ3) is 2.75. The topological polar surface area (TPSA) is 52.9 Å². The van der Waals surface area contributed by atoms with Crippen molar-refractivity contribution in [3.05, 3.63) is 0 Å². The fraction of sp³-hybridized carbons (Fsp3) is 0.846. The molecular formula is C13H22N2O. The lowest BCUT2D eigenvalue weighted by Crippen LogP contribution is -2.41. The van der Waals surface area contributed by atoms with Crippen LogP contribution in [0.4, 0.5) is 0 Å². The van der Waals surface area contributed by atoms with Crippen LogP contribution in [0.5, 0.6) is 0 Å². The van der Waals surface area contributed by atoms with Gasteiger partial charge in [0.2, 0.25) is 5.91 Å². The Morgan fingerprint density at radius 2 is 1.94 bits per heavy atom. The summed E-state index contributed by atoms with van der Waals surface area (Å²) in [5.74, 6) is 0.539. The van der Waals surface area contributed by atoms with Crippen LogP contribution in [0, 0.1) is 22.7 Å². The summed E-state index contributed by atoms with van der Waals surface area (Å²) in [5.41, 5.74) is -0.786. The van der Waals surface area contributed by atoms with Crippen LogP contribution in [-0.2, 0) is 4.79 Å². The second-order valence-electron chi connectivity index (χ2n) is 4.99. The fourth-order valence-corrected chi connectivity index (χ4v) is 2.20. The van der Waals surface area contributed by atoms with Crippen molar-refractivity contribution < 1.29 is 4.79 Å². The number of nitriles is 1. The van der Waals surface area contributed by atoms with E-state index < -0.39 is 5.41 Å². The molecule has 0 saturated heterocycles. The van der Waals surface area contributed by atoms with E-state index in [4.69, 9.17) is 0 Å². The molecule has 2 unspecified atom stereocenters. The van der Waals surface area contributed by atoms with E-state index >= 15 is 0 Å². The van der Waals surface area contributed by atoms with Crippen LogP contribution in [0.2, 0.25) is 0 Å². The van der Waals surface area contributed by atoms with Gasteiger partial charge in [0.25, 0.3) is 0 Å². The Hall–Kier alpha value is -1.04. The van der Waals surface area contributed by atoms with Gasteiger partial charge in [0.1, 0.15) is 5.41 Å². The average Bonchev–Trinajstić information content (AvgIpc) is 2.93. The van der Waals surface area contributed by atoms with E-state index in [1.807, 2.05) is 13.8 Å². The molecule has 2 atom stereocenters. The Labute approximate surface area is 98.2 Å². The number of carbonyl (C=O) groups is 1. The Morgan fingerprint density at radius 1 is 1.44 bits per heavy atom. The molecule has 3 nitrogen and oxygen atoms in total. The van der Waals surface area contributed by atoms with Gasteiger partial charge in [-0.15, -0.1) is 0 Å². The van der Waals surface area contributed by atoms with E-state index in [0.717, 1.165) is 19.3 Å². The number of hydrogen-bond donors (Lipinski definition) is 1. The van der Waals surface area contributed by atoms with Gasteiger partial charge in [-0.2, -0.15) is 5.26 Å². The van der Waals surface area contributed by atoms with Crippen molar-refractivity contribution in [1.29, 1.82) is 5.26 Å². The molecule has 1 saturated carbocycles. The minimum Gasteiger partial charge on any atom is -0.352 e. The molecule has 90 valence electrons. The molecule has 16 heavy (non-hydrogen) atoms. The molecule has 0 aromatic rings. The standard InChI is InChI=1S/C13H22N2O/c1-4-6-13(9-14,7-5-2)12(16)15-11-8-10(11)3/h10-11H,4-8H2,1-3H3,(H,15,16). The molecule has 1 N–H and O–H groups in total. The number of hydrogen-bond acceptors (Lipinski definition) is 2. The lowest BCUT2D eigenvalue weighted by Gasteiger charge is -2.24. The normalized spacial score (nSPS) is 23.6. The lowest BCUT2D eigenvalue weighted by molar-refractivity contribution is -0.129. The Morgan fingerprint density at radius 3 is 2.25 bits per heavy atom. The number of rotatable bonds is 6. The van der Waals surface area contributed by atoms with Gasteiger partial charge in [-0.05, 0) is 25.2 Å². The number of carbonyl (C=O) groups excluding carboxylic acids is 1. The predicted octanol–water partition coefficient (Wildman–Crippen LogP) is 2.62. The largest absolute Gasteiger partial charge is 0.352 e. The molecule has 1 rings (SSSR count). The van der Waals surface area contributed by atoms with Crippen LogP contribution in [0.15, 0.2) is 0 Å². The third-order valence-electron chi connectivity index (χ3n) is 3.43. The molecular weight excluding hydrogens is 200 g/mol. The van der Waals surface area contributed by atoms with Crippen LogP contribution in [0.25, 0.3) is 0 Å². The Balaban J connectivity index is 2.66. The zero-order valence-corrected chi connectivity index (χ0v) is 10.5. The number of nitrogens with one attached hydrogen (secondary N) is 1. The summed E-state index contributed by atoms with van der Waals surface area (Å²) in [6.07, 6.45) is 4.16. The van der Waals surface area contributed by atoms with Crippen molar-refractivity contribution in [2.45, 2.75) is 58.9 Å². The van der Waals surface area contributed by atoms with Gasteiger partial charge >= 0.3 is 0 Å². The molecule has 1 fully saturated rings.